The van der Waals surface area contributed by atoms with Crippen LogP contribution in [0, 0.1) is 11.3 Å². The molecule has 1 aromatic rings. The summed E-state index contributed by atoms with van der Waals surface area (Å²) in [5, 5.41) is 8.92. The molecule has 2 nitrogen and oxygen atoms in total. The normalized spacial score (nSPS) is 8.50. The minimum atomic E-state index is 0.591. The van der Waals surface area contributed by atoms with E-state index in [-0.39, 0.29) is 0 Å². The van der Waals surface area contributed by atoms with Gasteiger partial charge in [0, 0.05) is 6.20 Å². The first-order valence-corrected chi connectivity index (χ1v) is 2.56. The van der Waals surface area contributed by atoms with Gasteiger partial charge in [0.2, 0.25) is 0 Å². The highest BCUT2D eigenvalue weighted by molar-refractivity contribution is 7.80. The summed E-state index contributed by atoms with van der Waals surface area (Å²) in [7, 11) is 0. The lowest BCUT2D eigenvalue weighted by Gasteiger charge is -1.77. The third kappa shape index (κ3) is 0.703. The molecular weight excluding hydrogens is 120 g/mol. The maximum Gasteiger partial charge on any atom is 0.102 e. The Labute approximate surface area is 52.6 Å². The third-order valence-electron chi connectivity index (χ3n) is 0.846. The van der Waals surface area contributed by atoms with E-state index in [9.17, 15) is 0 Å². The summed E-state index contributed by atoms with van der Waals surface area (Å²) in [5.74, 6) is 0. The summed E-state index contributed by atoms with van der Waals surface area (Å²) < 4.78 is 0. The quantitative estimate of drug-likeness (QED) is 0.501. The van der Waals surface area contributed by atoms with Crippen molar-refractivity contribution < 1.29 is 0 Å². The molecule has 1 heterocycles. The van der Waals surface area contributed by atoms with Crippen LogP contribution in [0.15, 0.2) is 17.3 Å². The molecule has 40 valence electrons. The van der Waals surface area contributed by atoms with Crippen molar-refractivity contribution in [2.45, 2.75) is 5.03 Å². The van der Waals surface area contributed by atoms with Crippen LogP contribution >= 0.6 is 12.6 Å². The smallest absolute Gasteiger partial charge is 0.102 e. The molecule has 0 atom stereocenters. The number of thiol groups is 1. The Hall–Kier alpha value is -0.880. The van der Waals surface area contributed by atoms with Crippen LogP contribution in [0.2, 0.25) is 0 Å². The second kappa shape index (κ2) is 1.93. The fourth-order valence-corrected chi connectivity index (χ4v) is 0.650. The van der Waals surface area contributed by atoms with Gasteiger partial charge in [0.25, 0.3) is 0 Å². The number of hydrogen-bond acceptors (Lipinski definition) is 2. The lowest BCUT2D eigenvalue weighted by Crippen LogP contribution is -1.66. The van der Waals surface area contributed by atoms with E-state index in [0.29, 0.717) is 10.6 Å². The number of rotatable bonds is 0. The van der Waals surface area contributed by atoms with E-state index in [2.05, 4.69) is 17.6 Å². The molecule has 0 aliphatic heterocycles. The van der Waals surface area contributed by atoms with Crippen LogP contribution in [0.1, 0.15) is 5.56 Å². The molecule has 0 bridgehead atoms. The molecule has 0 fully saturated rings. The molecule has 3 heteroatoms. The molecule has 0 saturated carbocycles. The van der Waals surface area contributed by atoms with Gasteiger partial charge in [0.15, 0.2) is 0 Å². The summed E-state index contributed by atoms with van der Waals surface area (Å²) >= 11 is 3.95. The molecule has 1 N–H and O–H groups in total. The lowest BCUT2D eigenvalue weighted by molar-refractivity contribution is 1.20. The van der Waals surface area contributed by atoms with Gasteiger partial charge in [-0.3, -0.25) is 0 Å². The average Bonchev–Trinajstić information content (AvgIpc) is 2.14. The molecule has 0 aliphatic carbocycles. The first-order chi connectivity index (χ1) is 3.84. The highest BCUT2D eigenvalue weighted by atomic mass is 32.1. The number of hydrogen-bond donors (Lipinski definition) is 2. The Bertz CT molecular complexity index is 221. The van der Waals surface area contributed by atoms with Crippen molar-refractivity contribution in [2.75, 3.05) is 0 Å². The van der Waals surface area contributed by atoms with Crippen LogP contribution in [0.5, 0.6) is 0 Å². The van der Waals surface area contributed by atoms with Crippen LogP contribution in [0.3, 0.4) is 0 Å². The molecule has 0 saturated heterocycles. The molecule has 1 rings (SSSR count). The lowest BCUT2D eigenvalue weighted by atomic mass is 10.4. The topological polar surface area (TPSA) is 39.6 Å². The van der Waals surface area contributed by atoms with Crippen LogP contribution in [-0.4, -0.2) is 4.98 Å². The van der Waals surface area contributed by atoms with Gasteiger partial charge in [-0.1, -0.05) is 0 Å². The monoisotopic (exact) mass is 124 g/mol. The minimum absolute atomic E-state index is 0.591. The van der Waals surface area contributed by atoms with Crippen LogP contribution < -0.4 is 0 Å². The Morgan fingerprint density at radius 1 is 1.75 bits per heavy atom. The molecule has 1 aromatic heterocycles. The number of aromatic amines is 1. The van der Waals surface area contributed by atoms with E-state index in [0.717, 1.165) is 0 Å². The summed E-state index contributed by atoms with van der Waals surface area (Å²) in [4.78, 5) is 2.76. The summed E-state index contributed by atoms with van der Waals surface area (Å²) in [6.07, 6.45) is 1.68. The van der Waals surface area contributed by atoms with Gasteiger partial charge in [-0.15, -0.1) is 12.6 Å². The molecule has 0 aromatic carbocycles. The van der Waals surface area contributed by atoms with E-state index >= 15 is 0 Å². The molecule has 0 aliphatic rings. The fraction of sp³-hybridized carbons (Fsp3) is 0. The van der Waals surface area contributed by atoms with Gasteiger partial charge in [0.05, 0.1) is 10.6 Å². The second-order valence-corrected chi connectivity index (χ2v) is 1.80. The van der Waals surface area contributed by atoms with Gasteiger partial charge in [-0.25, -0.2) is 0 Å². The largest absolute Gasteiger partial charge is 0.356 e. The zero-order valence-electron chi connectivity index (χ0n) is 4.05. The van der Waals surface area contributed by atoms with Crippen molar-refractivity contribution in [3.8, 4) is 6.07 Å². The van der Waals surface area contributed by atoms with Gasteiger partial charge in [0.1, 0.15) is 6.07 Å². The van der Waals surface area contributed by atoms with Gasteiger partial charge < -0.3 is 4.98 Å². The average molecular weight is 124 g/mol. The highest BCUT2D eigenvalue weighted by Gasteiger charge is 1.93. The molecule has 0 unspecified atom stereocenters. The summed E-state index contributed by atoms with van der Waals surface area (Å²) in [5.41, 5.74) is 0.591. The van der Waals surface area contributed by atoms with Gasteiger partial charge in [-0.05, 0) is 6.07 Å². The van der Waals surface area contributed by atoms with Crippen molar-refractivity contribution >= 4 is 12.6 Å². The summed E-state index contributed by atoms with van der Waals surface area (Å²) in [6.45, 7) is 0. The Balaban J connectivity index is 3.15. The number of H-pyrrole nitrogens is 1. The third-order valence-corrected chi connectivity index (χ3v) is 1.22. The van der Waals surface area contributed by atoms with Crippen molar-refractivity contribution in [3.05, 3.63) is 17.8 Å². The Kier molecular flexibility index (Phi) is 1.27. The Morgan fingerprint density at radius 3 is 2.75 bits per heavy atom. The molecule has 0 amide bonds. The maximum absolute atomic E-state index is 8.29. The van der Waals surface area contributed by atoms with E-state index < -0.39 is 0 Å². The molecular formula is C5H4N2S. The molecule has 0 radical (unpaired) electrons. The first-order valence-electron chi connectivity index (χ1n) is 2.11. The zero-order chi connectivity index (χ0) is 5.98. The fourth-order valence-electron chi connectivity index (χ4n) is 0.451. The van der Waals surface area contributed by atoms with Crippen LogP contribution in [-0.2, 0) is 0 Å². The van der Waals surface area contributed by atoms with E-state index in [1.54, 1.807) is 12.3 Å². The number of aromatic nitrogens is 1. The Morgan fingerprint density at radius 2 is 2.50 bits per heavy atom. The van der Waals surface area contributed by atoms with Crippen molar-refractivity contribution in [1.82, 2.24) is 4.98 Å². The predicted molar refractivity (Wildman–Crippen MR) is 32.8 cm³/mol. The number of nitrogens with one attached hydrogen (secondary N) is 1. The zero-order valence-corrected chi connectivity index (χ0v) is 4.94. The number of nitriles is 1. The van der Waals surface area contributed by atoms with Crippen molar-refractivity contribution in [3.63, 3.8) is 0 Å². The predicted octanol–water partition coefficient (Wildman–Crippen LogP) is 1.18. The van der Waals surface area contributed by atoms with E-state index in [4.69, 9.17) is 5.26 Å². The number of nitrogens with zero attached hydrogens (tertiary/aromatic N) is 1. The van der Waals surface area contributed by atoms with Gasteiger partial charge >= 0.3 is 0 Å². The summed E-state index contributed by atoms with van der Waals surface area (Å²) in [6, 6.07) is 3.65. The standard InChI is InChI=1S/C5H4N2S/c6-3-4-1-2-7-5(4)8/h1-2,7-8H. The van der Waals surface area contributed by atoms with E-state index in [1.807, 2.05) is 6.07 Å². The SMILES string of the molecule is N#Cc1cc[nH]c1S. The van der Waals surface area contributed by atoms with Crippen LogP contribution in [0.4, 0.5) is 0 Å². The second-order valence-electron chi connectivity index (χ2n) is 1.35. The van der Waals surface area contributed by atoms with E-state index in [1.165, 1.54) is 0 Å². The minimum Gasteiger partial charge on any atom is -0.356 e. The van der Waals surface area contributed by atoms with Crippen molar-refractivity contribution in [1.29, 1.82) is 5.26 Å². The highest BCUT2D eigenvalue weighted by Crippen LogP contribution is 2.07. The van der Waals surface area contributed by atoms with Crippen molar-refractivity contribution in [2.24, 2.45) is 0 Å². The molecule has 8 heavy (non-hydrogen) atoms. The van der Waals surface area contributed by atoms with Crippen LogP contribution in [0.25, 0.3) is 0 Å². The first kappa shape index (κ1) is 5.26. The molecule has 0 spiro atoms. The van der Waals surface area contributed by atoms with Gasteiger partial charge in [-0.2, -0.15) is 5.26 Å². The maximum atomic E-state index is 8.29.